The number of aromatic nitrogens is 1. The topological polar surface area (TPSA) is 66.8 Å². The van der Waals surface area contributed by atoms with Gasteiger partial charge in [-0.15, -0.1) is 0 Å². The second-order valence-electron chi connectivity index (χ2n) is 7.17. The monoisotopic (exact) mass is 397 g/mol. The van der Waals surface area contributed by atoms with E-state index < -0.39 is 5.97 Å². The Bertz CT molecular complexity index is 906. The largest absolute Gasteiger partial charge is 0.497 e. The number of ether oxygens (including phenoxy) is 3. The average molecular weight is 397 g/mol. The van der Waals surface area contributed by atoms with Crippen molar-refractivity contribution in [1.29, 1.82) is 0 Å². The van der Waals surface area contributed by atoms with Crippen LogP contribution in [0.3, 0.4) is 0 Å². The lowest BCUT2D eigenvalue weighted by atomic mass is 10.1. The molecular weight excluding hydrogens is 370 g/mol. The highest BCUT2D eigenvalue weighted by molar-refractivity contribution is 6.00. The Balaban J connectivity index is 1.57. The molecular formula is C23H27NO5. The van der Waals surface area contributed by atoms with Gasteiger partial charge < -0.3 is 18.8 Å². The summed E-state index contributed by atoms with van der Waals surface area (Å²) in [5.74, 6) is -0.0665. The molecule has 0 N–H and O–H groups in total. The van der Waals surface area contributed by atoms with Crippen molar-refractivity contribution in [1.82, 2.24) is 4.57 Å². The summed E-state index contributed by atoms with van der Waals surface area (Å²) in [5.41, 5.74) is 3.28. The maximum Gasteiger partial charge on any atom is 0.331 e. The lowest BCUT2D eigenvalue weighted by Crippen LogP contribution is -2.18. The molecule has 6 nitrogen and oxygen atoms in total. The van der Waals surface area contributed by atoms with Gasteiger partial charge in [0.25, 0.3) is 0 Å². The number of hydrogen-bond donors (Lipinski definition) is 0. The van der Waals surface area contributed by atoms with Gasteiger partial charge in [-0.25, -0.2) is 4.79 Å². The van der Waals surface area contributed by atoms with Crippen molar-refractivity contribution in [2.75, 3.05) is 20.3 Å². The van der Waals surface area contributed by atoms with Gasteiger partial charge in [0.15, 0.2) is 6.61 Å². The maximum atomic E-state index is 12.6. The van der Waals surface area contributed by atoms with Crippen molar-refractivity contribution in [3.05, 3.63) is 58.9 Å². The molecule has 1 aromatic heterocycles. The number of Topliss-reactive ketones (excluding diaryl/α,β-unsaturated/α-hetero) is 1. The Kier molecular flexibility index (Phi) is 6.88. The van der Waals surface area contributed by atoms with Gasteiger partial charge in [0.1, 0.15) is 5.75 Å². The van der Waals surface area contributed by atoms with Gasteiger partial charge in [0.2, 0.25) is 5.78 Å². The molecule has 0 bridgehead atoms. The first-order chi connectivity index (χ1) is 14.0. The lowest BCUT2D eigenvalue weighted by Gasteiger charge is -2.14. The molecule has 0 aliphatic carbocycles. The minimum Gasteiger partial charge on any atom is -0.497 e. The van der Waals surface area contributed by atoms with E-state index in [1.807, 2.05) is 38.1 Å². The van der Waals surface area contributed by atoms with E-state index in [1.54, 1.807) is 19.3 Å². The molecule has 154 valence electrons. The van der Waals surface area contributed by atoms with E-state index in [-0.39, 0.29) is 18.5 Å². The summed E-state index contributed by atoms with van der Waals surface area (Å²) in [6.45, 7) is 5.15. The van der Waals surface area contributed by atoms with E-state index in [9.17, 15) is 9.59 Å². The summed E-state index contributed by atoms with van der Waals surface area (Å²) >= 11 is 0. The van der Waals surface area contributed by atoms with Gasteiger partial charge in [-0.05, 0) is 56.5 Å². The molecule has 2 heterocycles. The van der Waals surface area contributed by atoms with E-state index in [2.05, 4.69) is 4.57 Å². The van der Waals surface area contributed by atoms with Gasteiger partial charge in [0.05, 0.1) is 13.2 Å². The molecule has 0 amide bonds. The van der Waals surface area contributed by atoms with Crippen molar-refractivity contribution >= 4 is 17.8 Å². The fraction of sp³-hybridized carbons (Fsp3) is 0.391. The molecule has 1 atom stereocenters. The molecule has 0 spiro atoms. The number of esters is 1. The molecule has 1 aliphatic rings. The van der Waals surface area contributed by atoms with E-state index in [0.717, 1.165) is 42.9 Å². The first kappa shape index (κ1) is 20.9. The average Bonchev–Trinajstić information content (AvgIpc) is 3.34. The second-order valence-corrected chi connectivity index (χ2v) is 7.17. The third-order valence-electron chi connectivity index (χ3n) is 5.14. The van der Waals surface area contributed by atoms with Crippen LogP contribution in [-0.2, 0) is 20.8 Å². The molecule has 1 fully saturated rings. The summed E-state index contributed by atoms with van der Waals surface area (Å²) in [7, 11) is 1.58. The molecule has 1 aliphatic heterocycles. The number of hydrogen-bond acceptors (Lipinski definition) is 5. The number of methoxy groups -OCH3 is 1. The Morgan fingerprint density at radius 2 is 2.10 bits per heavy atom. The van der Waals surface area contributed by atoms with Crippen molar-refractivity contribution in [3.8, 4) is 5.75 Å². The van der Waals surface area contributed by atoms with Crippen molar-refractivity contribution in [2.24, 2.45) is 0 Å². The second kappa shape index (κ2) is 9.56. The third kappa shape index (κ3) is 5.35. The third-order valence-corrected chi connectivity index (χ3v) is 5.14. The minimum atomic E-state index is -0.561. The summed E-state index contributed by atoms with van der Waals surface area (Å²) in [5, 5.41) is 0. The molecule has 0 radical (unpaired) electrons. The number of benzene rings is 1. The van der Waals surface area contributed by atoms with Crippen LogP contribution in [0.1, 0.15) is 40.2 Å². The van der Waals surface area contributed by atoms with E-state index in [1.165, 1.54) is 6.08 Å². The van der Waals surface area contributed by atoms with Crippen molar-refractivity contribution in [2.45, 2.75) is 39.3 Å². The van der Waals surface area contributed by atoms with Gasteiger partial charge in [0, 0.05) is 36.2 Å². The molecule has 1 unspecified atom stereocenters. The highest BCUT2D eigenvalue weighted by Gasteiger charge is 2.21. The van der Waals surface area contributed by atoms with Crippen LogP contribution in [0.4, 0.5) is 0 Å². The Morgan fingerprint density at radius 1 is 1.28 bits per heavy atom. The lowest BCUT2D eigenvalue weighted by molar-refractivity contribution is -0.136. The molecule has 29 heavy (non-hydrogen) atoms. The van der Waals surface area contributed by atoms with Crippen LogP contribution in [0, 0.1) is 13.8 Å². The summed E-state index contributed by atoms with van der Waals surface area (Å²) in [6.07, 6.45) is 5.25. The van der Waals surface area contributed by atoms with Gasteiger partial charge in [-0.2, -0.15) is 0 Å². The van der Waals surface area contributed by atoms with E-state index >= 15 is 0 Å². The van der Waals surface area contributed by atoms with Crippen molar-refractivity contribution < 1.29 is 23.8 Å². The molecule has 3 rings (SSSR count). The van der Waals surface area contributed by atoms with E-state index in [0.29, 0.717) is 11.3 Å². The number of carbonyl (C=O) groups excluding carboxylic acids is 2. The van der Waals surface area contributed by atoms with Gasteiger partial charge >= 0.3 is 5.97 Å². The first-order valence-corrected chi connectivity index (χ1v) is 9.78. The molecule has 6 heteroatoms. The fourth-order valence-electron chi connectivity index (χ4n) is 3.53. The Morgan fingerprint density at radius 3 is 2.83 bits per heavy atom. The highest BCUT2D eigenvalue weighted by Crippen LogP contribution is 2.21. The first-order valence-electron chi connectivity index (χ1n) is 9.78. The smallest absolute Gasteiger partial charge is 0.331 e. The van der Waals surface area contributed by atoms with Crippen LogP contribution >= 0.6 is 0 Å². The number of ketones is 1. The quantitative estimate of drug-likeness (QED) is 0.386. The highest BCUT2D eigenvalue weighted by atomic mass is 16.5. The predicted octanol–water partition coefficient (Wildman–Crippen LogP) is 3.73. The predicted molar refractivity (Wildman–Crippen MR) is 110 cm³/mol. The van der Waals surface area contributed by atoms with Crippen LogP contribution in [0.15, 0.2) is 36.4 Å². The summed E-state index contributed by atoms with van der Waals surface area (Å²) < 4.78 is 18.1. The zero-order valence-electron chi connectivity index (χ0n) is 17.1. The molecule has 2 aromatic rings. The zero-order valence-corrected chi connectivity index (χ0v) is 17.1. The Labute approximate surface area is 171 Å². The van der Waals surface area contributed by atoms with Gasteiger partial charge in [-0.3, -0.25) is 4.79 Å². The number of nitrogens with zero attached hydrogens (tertiary/aromatic N) is 1. The van der Waals surface area contributed by atoms with Crippen LogP contribution < -0.4 is 4.74 Å². The molecule has 1 aromatic carbocycles. The number of carbonyl (C=O) groups is 2. The Hall–Kier alpha value is -2.86. The summed E-state index contributed by atoms with van der Waals surface area (Å²) in [6, 6.07) is 9.16. The summed E-state index contributed by atoms with van der Waals surface area (Å²) in [4.78, 5) is 24.5. The van der Waals surface area contributed by atoms with Crippen LogP contribution in [0.2, 0.25) is 0 Å². The van der Waals surface area contributed by atoms with E-state index in [4.69, 9.17) is 14.2 Å². The minimum absolute atomic E-state index is 0.197. The standard InChI is InChI=1S/C23H27NO5/c1-16-12-21(17(2)24(16)14-20-8-5-11-28-20)22(25)15-29-23(26)10-9-18-6-4-7-19(13-18)27-3/h4,6-7,9-10,12-13,20H,5,8,11,14-15H2,1-3H3. The van der Waals surface area contributed by atoms with Crippen LogP contribution in [0.5, 0.6) is 5.75 Å². The molecule has 1 saturated heterocycles. The van der Waals surface area contributed by atoms with Gasteiger partial charge in [-0.1, -0.05) is 12.1 Å². The normalized spacial score (nSPS) is 16.3. The maximum absolute atomic E-state index is 12.6. The SMILES string of the molecule is COc1cccc(C=CC(=O)OCC(=O)c2cc(C)n(CC3CCCO3)c2C)c1. The number of aryl methyl sites for hydroxylation is 1. The van der Waals surface area contributed by atoms with Crippen LogP contribution in [0.25, 0.3) is 6.08 Å². The van der Waals surface area contributed by atoms with Crippen LogP contribution in [-0.4, -0.2) is 42.7 Å². The zero-order chi connectivity index (χ0) is 20.8. The molecule has 0 saturated carbocycles. The number of rotatable bonds is 8. The van der Waals surface area contributed by atoms with Crippen molar-refractivity contribution in [3.63, 3.8) is 0 Å². The fourth-order valence-corrected chi connectivity index (χ4v) is 3.53.